The topological polar surface area (TPSA) is 28.2 Å². The van der Waals surface area contributed by atoms with E-state index in [9.17, 15) is 0 Å². The average Bonchev–Trinajstić information content (AvgIpc) is 3.33. The maximum absolute atomic E-state index is 4.53. The Balaban J connectivity index is 1.89. The number of nitrogens with zero attached hydrogens (tertiary/aromatic N) is 2. The first kappa shape index (κ1) is 13.9. The fraction of sp³-hybridized carbons (Fsp3) is 0.389. The summed E-state index contributed by atoms with van der Waals surface area (Å²) in [6.07, 6.45) is 4.57. The van der Waals surface area contributed by atoms with Gasteiger partial charge in [-0.1, -0.05) is 18.2 Å². The molecule has 1 aromatic carbocycles. The maximum atomic E-state index is 4.53. The highest BCUT2D eigenvalue weighted by Gasteiger charge is 2.28. The van der Waals surface area contributed by atoms with Gasteiger partial charge in [-0.2, -0.15) is 0 Å². The Bertz CT molecular complexity index is 615. The van der Waals surface area contributed by atoms with Gasteiger partial charge in [0.15, 0.2) is 0 Å². The molecule has 3 rings (SSSR count). The average molecular weight is 281 g/mol. The van der Waals surface area contributed by atoms with Crippen molar-refractivity contribution in [2.75, 3.05) is 24.3 Å². The summed E-state index contributed by atoms with van der Waals surface area (Å²) in [5, 5.41) is 3.33. The van der Waals surface area contributed by atoms with E-state index < -0.39 is 0 Å². The molecule has 0 unspecified atom stereocenters. The molecule has 1 aliphatic rings. The quantitative estimate of drug-likeness (QED) is 0.899. The predicted molar refractivity (Wildman–Crippen MR) is 89.0 cm³/mol. The zero-order chi connectivity index (χ0) is 14.8. The summed E-state index contributed by atoms with van der Waals surface area (Å²) in [5.74, 6) is 0.738. The van der Waals surface area contributed by atoms with Crippen LogP contribution in [0.15, 0.2) is 36.5 Å². The molecule has 0 bridgehead atoms. The van der Waals surface area contributed by atoms with Crippen LogP contribution in [-0.2, 0) is 6.54 Å². The summed E-state index contributed by atoms with van der Waals surface area (Å²) in [4.78, 5) is 6.84. The molecule has 0 spiro atoms. The Kier molecular flexibility index (Phi) is 3.82. The summed E-state index contributed by atoms with van der Waals surface area (Å²) >= 11 is 0. The van der Waals surface area contributed by atoms with Crippen molar-refractivity contribution in [3.05, 3.63) is 53.3 Å². The first-order chi connectivity index (χ1) is 10.2. The van der Waals surface area contributed by atoms with Crippen LogP contribution in [0.4, 0.5) is 11.4 Å². The number of hydrogen-bond acceptors (Lipinski definition) is 3. The van der Waals surface area contributed by atoms with E-state index in [1.54, 1.807) is 0 Å². The van der Waals surface area contributed by atoms with Crippen molar-refractivity contribution in [2.24, 2.45) is 0 Å². The van der Waals surface area contributed by atoms with Gasteiger partial charge in [0.25, 0.3) is 0 Å². The number of para-hydroxylation sites is 1. The van der Waals surface area contributed by atoms with Gasteiger partial charge in [0.2, 0.25) is 0 Å². The molecule has 1 heterocycles. The lowest BCUT2D eigenvalue weighted by Crippen LogP contribution is -2.20. The van der Waals surface area contributed by atoms with Crippen molar-refractivity contribution >= 4 is 11.4 Å². The minimum Gasteiger partial charge on any atom is -0.386 e. The normalized spacial score (nSPS) is 14.0. The van der Waals surface area contributed by atoms with E-state index in [1.165, 1.54) is 35.3 Å². The van der Waals surface area contributed by atoms with Crippen LogP contribution in [0.1, 0.15) is 35.6 Å². The second-order valence-corrected chi connectivity index (χ2v) is 5.95. The molecule has 0 radical (unpaired) electrons. The van der Waals surface area contributed by atoms with Gasteiger partial charge in [-0.25, -0.2) is 0 Å². The van der Waals surface area contributed by atoms with Crippen molar-refractivity contribution in [2.45, 2.75) is 32.2 Å². The minimum absolute atomic E-state index is 0.738. The molecule has 1 saturated carbocycles. The zero-order valence-corrected chi connectivity index (χ0v) is 13.1. The lowest BCUT2D eigenvalue weighted by molar-refractivity contribution is 0.872. The van der Waals surface area contributed by atoms with E-state index in [1.807, 2.05) is 13.2 Å². The van der Waals surface area contributed by atoms with E-state index in [0.29, 0.717) is 0 Å². The van der Waals surface area contributed by atoms with Crippen LogP contribution < -0.4 is 10.2 Å². The van der Waals surface area contributed by atoms with Crippen LogP contribution in [0.2, 0.25) is 0 Å². The van der Waals surface area contributed by atoms with Gasteiger partial charge >= 0.3 is 0 Å². The number of pyridine rings is 1. The van der Waals surface area contributed by atoms with Gasteiger partial charge < -0.3 is 10.2 Å². The second kappa shape index (κ2) is 5.76. The molecule has 1 aliphatic carbocycles. The molecule has 3 nitrogen and oxygen atoms in total. The summed E-state index contributed by atoms with van der Waals surface area (Å²) in [6, 6.07) is 10.8. The van der Waals surface area contributed by atoms with Crippen molar-refractivity contribution < 1.29 is 0 Å². The third-order valence-corrected chi connectivity index (χ3v) is 4.11. The Labute approximate surface area is 127 Å². The zero-order valence-electron chi connectivity index (χ0n) is 13.1. The molecule has 110 valence electrons. The highest BCUT2D eigenvalue weighted by molar-refractivity contribution is 5.74. The SMILES string of the molecule is CNc1cccc(C2CC2)c1N(C)Cc1ccc(C)cn1. The van der Waals surface area contributed by atoms with Crippen LogP contribution in [0, 0.1) is 6.92 Å². The molecule has 21 heavy (non-hydrogen) atoms. The number of rotatable bonds is 5. The van der Waals surface area contributed by atoms with Crippen LogP contribution in [0.25, 0.3) is 0 Å². The molecular formula is C18H23N3. The van der Waals surface area contributed by atoms with Crippen LogP contribution in [0.5, 0.6) is 0 Å². The third kappa shape index (κ3) is 3.02. The number of anilines is 2. The molecule has 0 atom stereocenters. The Morgan fingerprint density at radius 1 is 1.24 bits per heavy atom. The van der Waals surface area contributed by atoms with Crippen LogP contribution in [0.3, 0.4) is 0 Å². The molecule has 1 aromatic heterocycles. The maximum Gasteiger partial charge on any atom is 0.0638 e. The van der Waals surface area contributed by atoms with Crippen LogP contribution in [-0.4, -0.2) is 19.1 Å². The highest BCUT2D eigenvalue weighted by Crippen LogP contribution is 2.46. The van der Waals surface area contributed by atoms with E-state index in [2.05, 4.69) is 59.5 Å². The number of aromatic nitrogens is 1. The lowest BCUT2D eigenvalue weighted by Gasteiger charge is -2.25. The molecule has 0 saturated heterocycles. The van der Waals surface area contributed by atoms with Gasteiger partial charge in [-0.05, 0) is 48.9 Å². The smallest absolute Gasteiger partial charge is 0.0638 e. The van der Waals surface area contributed by atoms with E-state index in [4.69, 9.17) is 0 Å². The Morgan fingerprint density at radius 3 is 2.67 bits per heavy atom. The number of benzene rings is 1. The first-order valence-electron chi connectivity index (χ1n) is 7.62. The monoisotopic (exact) mass is 281 g/mol. The van der Waals surface area contributed by atoms with Gasteiger partial charge in [0.1, 0.15) is 0 Å². The number of hydrogen-bond donors (Lipinski definition) is 1. The van der Waals surface area contributed by atoms with Crippen molar-refractivity contribution in [3.8, 4) is 0 Å². The molecule has 2 aromatic rings. The summed E-state index contributed by atoms with van der Waals surface area (Å²) in [7, 11) is 4.15. The highest BCUT2D eigenvalue weighted by atomic mass is 15.1. The predicted octanol–water partition coefficient (Wildman–Crippen LogP) is 3.95. The van der Waals surface area contributed by atoms with Gasteiger partial charge in [-0.3, -0.25) is 4.98 Å². The third-order valence-electron chi connectivity index (χ3n) is 4.11. The molecule has 1 N–H and O–H groups in total. The van der Waals surface area contributed by atoms with Crippen molar-refractivity contribution in [1.29, 1.82) is 0 Å². The molecular weight excluding hydrogens is 258 g/mol. The van der Waals surface area contributed by atoms with E-state index >= 15 is 0 Å². The Hall–Kier alpha value is -2.03. The summed E-state index contributed by atoms with van der Waals surface area (Å²) in [5.41, 5.74) is 6.31. The van der Waals surface area contributed by atoms with Crippen LogP contribution >= 0.6 is 0 Å². The van der Waals surface area contributed by atoms with Crippen molar-refractivity contribution in [1.82, 2.24) is 4.98 Å². The molecule has 1 fully saturated rings. The molecule has 3 heteroatoms. The fourth-order valence-corrected chi connectivity index (χ4v) is 2.83. The lowest BCUT2D eigenvalue weighted by atomic mass is 10.1. The molecule has 0 aliphatic heterocycles. The van der Waals surface area contributed by atoms with Gasteiger partial charge in [-0.15, -0.1) is 0 Å². The minimum atomic E-state index is 0.738. The largest absolute Gasteiger partial charge is 0.386 e. The molecule has 0 amide bonds. The summed E-state index contributed by atoms with van der Waals surface area (Å²) in [6.45, 7) is 2.90. The standard InChI is InChI=1S/C18H23N3/c1-13-7-10-15(20-11-13)12-21(3)18-16(14-8-9-14)5-4-6-17(18)19-2/h4-7,10-11,14,19H,8-9,12H2,1-3H3. The van der Waals surface area contributed by atoms with Gasteiger partial charge in [0.05, 0.1) is 23.6 Å². The number of nitrogens with one attached hydrogen (secondary N) is 1. The Morgan fingerprint density at radius 2 is 2.05 bits per heavy atom. The second-order valence-electron chi connectivity index (χ2n) is 5.95. The van der Waals surface area contributed by atoms with Crippen molar-refractivity contribution in [3.63, 3.8) is 0 Å². The fourth-order valence-electron chi connectivity index (χ4n) is 2.83. The first-order valence-corrected chi connectivity index (χ1v) is 7.62. The van der Waals surface area contributed by atoms with Gasteiger partial charge in [0, 0.05) is 20.3 Å². The van der Waals surface area contributed by atoms with E-state index in [-0.39, 0.29) is 0 Å². The number of aryl methyl sites for hydroxylation is 1. The summed E-state index contributed by atoms with van der Waals surface area (Å²) < 4.78 is 0. The van der Waals surface area contributed by atoms with E-state index in [0.717, 1.165) is 18.2 Å².